The third-order valence-corrected chi connectivity index (χ3v) is 14.8. The van der Waals surface area contributed by atoms with E-state index in [0.717, 1.165) is 17.1 Å². The summed E-state index contributed by atoms with van der Waals surface area (Å²) in [6.45, 7) is 0. The molecule has 0 atom stereocenters. The Labute approximate surface area is 315 Å². The van der Waals surface area contributed by atoms with Crippen molar-refractivity contribution in [3.8, 4) is 0 Å². The molecule has 0 aliphatic heterocycles. The average Bonchev–Trinajstić information content (AvgIpc) is 3.88. The molecule has 8 aromatic carbocycles. The molecule has 0 radical (unpaired) electrons. The van der Waals surface area contributed by atoms with Crippen LogP contribution in [0.3, 0.4) is 0 Å². The fourth-order valence-corrected chi connectivity index (χ4v) is 12.6. The summed E-state index contributed by atoms with van der Waals surface area (Å²) in [5.41, 5.74) is 9.44. The van der Waals surface area contributed by atoms with E-state index in [9.17, 15) is 0 Å². The number of hydrogen-bond acceptors (Lipinski definition) is 1. The van der Waals surface area contributed by atoms with E-state index in [0.29, 0.717) is 0 Å². The Balaban J connectivity index is 1.13. The Morgan fingerprint density at radius 3 is 1.26 bits per heavy atom. The minimum atomic E-state index is -1.79. The van der Waals surface area contributed by atoms with Crippen molar-refractivity contribution in [3.63, 3.8) is 0 Å². The number of nitrogens with zero attached hydrogens (tertiary/aromatic N) is 3. The van der Waals surface area contributed by atoms with Gasteiger partial charge in [-0.25, -0.2) is 0 Å². The first kappa shape index (κ1) is 30.8. The van der Waals surface area contributed by atoms with Crippen LogP contribution in [0.4, 0.5) is 17.1 Å². The fourth-order valence-electron chi connectivity index (χ4n) is 8.72. The third kappa shape index (κ3) is 4.38. The second-order valence-electron chi connectivity index (χ2n) is 13.8. The maximum atomic E-state index is 2.47. The maximum absolute atomic E-state index is 2.47. The zero-order valence-corrected chi connectivity index (χ0v) is 30.3. The van der Waals surface area contributed by atoms with Gasteiger partial charge in [0.2, 0.25) is 0 Å². The molecule has 0 saturated carbocycles. The Bertz CT molecular complexity index is 2980. The van der Waals surface area contributed by atoms with Crippen molar-refractivity contribution < 1.29 is 0 Å². The molecule has 0 bridgehead atoms. The third-order valence-electron chi connectivity index (χ3n) is 10.9. The quantitative estimate of drug-likeness (QED) is 0.160. The standard InChI is InChI=1S/C50H35N3S/c1-5-17-36(18-6-1)51(38-31-34-47-48(35-38)53-46-28-16-14-26-44(46)49-43-25-13-15-27-45(43)52(47)50(49)53)37-29-32-42(33-30-37)54(39-19-7-2-8-20-39,40-21-9-3-10-22-40)41-23-11-4-12-24-41/h1-35H. The second kappa shape index (κ2) is 12.2. The summed E-state index contributed by atoms with van der Waals surface area (Å²) in [4.78, 5) is 7.63. The van der Waals surface area contributed by atoms with Gasteiger partial charge in [-0.15, -0.1) is 10.0 Å². The van der Waals surface area contributed by atoms with E-state index in [1.807, 2.05) is 0 Å². The van der Waals surface area contributed by atoms with E-state index in [2.05, 4.69) is 226 Å². The van der Waals surface area contributed by atoms with Crippen LogP contribution in [0.1, 0.15) is 0 Å². The van der Waals surface area contributed by atoms with Crippen LogP contribution in [0.2, 0.25) is 0 Å². The van der Waals surface area contributed by atoms with Gasteiger partial charge in [-0.2, -0.15) is 0 Å². The molecule has 0 spiro atoms. The molecule has 0 aliphatic rings. The summed E-state index contributed by atoms with van der Waals surface area (Å²) < 4.78 is 4.91. The number of anilines is 3. The first-order valence-corrected chi connectivity index (χ1v) is 20.1. The zero-order chi connectivity index (χ0) is 35.6. The highest BCUT2D eigenvalue weighted by Gasteiger charge is 2.33. The van der Waals surface area contributed by atoms with Crippen LogP contribution in [-0.2, 0) is 0 Å². The normalized spacial score (nSPS) is 12.4. The van der Waals surface area contributed by atoms with Gasteiger partial charge < -0.3 is 4.90 Å². The number of benzene rings is 8. The van der Waals surface area contributed by atoms with Crippen LogP contribution in [0.25, 0.3) is 43.9 Å². The highest BCUT2D eigenvalue weighted by atomic mass is 32.3. The molecule has 0 aliphatic carbocycles. The summed E-state index contributed by atoms with van der Waals surface area (Å²) in [6.07, 6.45) is 0. The molecule has 4 heteroatoms. The lowest BCUT2D eigenvalue weighted by Gasteiger charge is -2.42. The van der Waals surface area contributed by atoms with Gasteiger partial charge in [0.15, 0.2) is 0 Å². The van der Waals surface area contributed by atoms with Crippen molar-refractivity contribution in [2.45, 2.75) is 19.6 Å². The summed E-state index contributed by atoms with van der Waals surface area (Å²) in [6, 6.07) is 77.8. The van der Waals surface area contributed by atoms with Crippen molar-refractivity contribution in [1.29, 1.82) is 0 Å². The highest BCUT2D eigenvalue weighted by Crippen LogP contribution is 2.73. The molecule has 54 heavy (non-hydrogen) atoms. The van der Waals surface area contributed by atoms with Crippen LogP contribution >= 0.6 is 10.0 Å². The smallest absolute Gasteiger partial charge is 0.131 e. The highest BCUT2D eigenvalue weighted by molar-refractivity contribution is 8.34. The van der Waals surface area contributed by atoms with Crippen LogP contribution in [-0.4, -0.2) is 8.80 Å². The van der Waals surface area contributed by atoms with E-state index in [1.54, 1.807) is 0 Å². The predicted octanol–water partition coefficient (Wildman–Crippen LogP) is 13.9. The van der Waals surface area contributed by atoms with E-state index < -0.39 is 10.0 Å². The van der Waals surface area contributed by atoms with Crippen molar-refractivity contribution >= 4 is 71.0 Å². The maximum Gasteiger partial charge on any atom is 0.131 e. The van der Waals surface area contributed by atoms with Gasteiger partial charge in [-0.05, 0) is 103 Å². The Hall–Kier alpha value is -6.75. The van der Waals surface area contributed by atoms with Crippen molar-refractivity contribution in [3.05, 3.63) is 212 Å². The molecule has 0 amide bonds. The van der Waals surface area contributed by atoms with Gasteiger partial charge in [0.1, 0.15) is 5.65 Å². The molecule has 0 saturated heterocycles. The monoisotopic (exact) mass is 709 g/mol. The van der Waals surface area contributed by atoms with Gasteiger partial charge in [0.05, 0.1) is 22.1 Å². The predicted molar refractivity (Wildman–Crippen MR) is 227 cm³/mol. The lowest BCUT2D eigenvalue weighted by molar-refractivity contribution is 1.22. The number of hydrogen-bond donors (Lipinski definition) is 0. The number of rotatable bonds is 7. The number of fused-ring (bicyclic) bond motifs is 9. The van der Waals surface area contributed by atoms with Gasteiger partial charge in [-0.1, -0.05) is 109 Å². The molecule has 256 valence electrons. The van der Waals surface area contributed by atoms with Crippen LogP contribution in [0.15, 0.2) is 232 Å². The molecular weight excluding hydrogens is 675 g/mol. The lowest BCUT2D eigenvalue weighted by atomic mass is 10.1. The van der Waals surface area contributed by atoms with E-state index in [-0.39, 0.29) is 0 Å². The summed E-state index contributed by atoms with van der Waals surface area (Å²) >= 11 is 0. The zero-order valence-electron chi connectivity index (χ0n) is 29.5. The first-order chi connectivity index (χ1) is 26.8. The fraction of sp³-hybridized carbons (Fsp3) is 0. The summed E-state index contributed by atoms with van der Waals surface area (Å²) in [7, 11) is -1.79. The Kier molecular flexibility index (Phi) is 6.94. The van der Waals surface area contributed by atoms with Gasteiger partial charge >= 0.3 is 0 Å². The minimum absolute atomic E-state index is 1.11. The number of aromatic nitrogens is 2. The molecule has 11 rings (SSSR count). The molecular formula is C50H35N3S. The average molecular weight is 710 g/mol. The lowest BCUT2D eigenvalue weighted by Crippen LogP contribution is -2.10. The molecule has 3 aromatic heterocycles. The van der Waals surface area contributed by atoms with E-state index in [4.69, 9.17) is 0 Å². The molecule has 0 fully saturated rings. The Morgan fingerprint density at radius 1 is 0.315 bits per heavy atom. The number of imidazole rings is 1. The van der Waals surface area contributed by atoms with Crippen LogP contribution < -0.4 is 4.90 Å². The SMILES string of the molecule is c1ccc(N(c2ccc(S(c3ccccc3)(c3ccccc3)c3ccccc3)cc2)c2ccc3c(c2)n2c4ccccc4c4c5ccccc5n3c42)cc1. The van der Waals surface area contributed by atoms with Crippen molar-refractivity contribution in [2.75, 3.05) is 4.90 Å². The molecule has 11 aromatic rings. The van der Waals surface area contributed by atoms with Crippen LogP contribution in [0.5, 0.6) is 0 Å². The molecule has 3 heterocycles. The second-order valence-corrected chi connectivity index (χ2v) is 16.9. The van der Waals surface area contributed by atoms with Gasteiger partial charge in [0.25, 0.3) is 0 Å². The van der Waals surface area contributed by atoms with Crippen LogP contribution in [0, 0.1) is 0 Å². The van der Waals surface area contributed by atoms with Gasteiger partial charge in [0, 0.05) is 52.8 Å². The molecule has 3 nitrogen and oxygen atoms in total. The van der Waals surface area contributed by atoms with Gasteiger partial charge in [-0.3, -0.25) is 8.80 Å². The topological polar surface area (TPSA) is 12.1 Å². The largest absolute Gasteiger partial charge is 0.310 e. The molecule has 0 N–H and O–H groups in total. The Morgan fingerprint density at radius 2 is 0.722 bits per heavy atom. The summed E-state index contributed by atoms with van der Waals surface area (Å²) in [5.74, 6) is 0. The number of para-hydroxylation sites is 3. The van der Waals surface area contributed by atoms with Crippen molar-refractivity contribution in [1.82, 2.24) is 8.80 Å². The minimum Gasteiger partial charge on any atom is -0.310 e. The molecule has 0 unspecified atom stereocenters. The van der Waals surface area contributed by atoms with Crippen molar-refractivity contribution in [2.24, 2.45) is 0 Å². The first-order valence-electron chi connectivity index (χ1n) is 18.4. The van der Waals surface area contributed by atoms with E-state index >= 15 is 0 Å². The summed E-state index contributed by atoms with van der Waals surface area (Å²) in [5, 5.41) is 3.90. The van der Waals surface area contributed by atoms with E-state index in [1.165, 1.54) is 63.5 Å².